The zero-order valence-corrected chi connectivity index (χ0v) is 14.1. The maximum Gasteiger partial charge on any atom is 0.227 e. The molecule has 1 aromatic rings. The van der Waals surface area contributed by atoms with Crippen LogP contribution in [0.5, 0.6) is 5.75 Å². The molecule has 2 atom stereocenters. The Morgan fingerprint density at radius 1 is 1.39 bits per heavy atom. The molecule has 0 spiro atoms. The number of halogens is 2. The molecule has 23 heavy (non-hydrogen) atoms. The van der Waals surface area contributed by atoms with Crippen LogP contribution in [0.3, 0.4) is 0 Å². The van der Waals surface area contributed by atoms with E-state index in [9.17, 15) is 9.18 Å². The highest BCUT2D eigenvalue weighted by molar-refractivity contribution is 5.94. The van der Waals surface area contributed by atoms with Crippen LogP contribution in [-0.4, -0.2) is 25.1 Å². The van der Waals surface area contributed by atoms with Gasteiger partial charge in [-0.2, -0.15) is 0 Å². The number of nitrogens with one attached hydrogen (secondary N) is 2. The van der Waals surface area contributed by atoms with E-state index in [-0.39, 0.29) is 30.0 Å². The topological polar surface area (TPSA) is 50.4 Å². The van der Waals surface area contributed by atoms with E-state index in [0.29, 0.717) is 30.0 Å². The lowest BCUT2D eigenvalue weighted by Gasteiger charge is -2.27. The van der Waals surface area contributed by atoms with Crippen molar-refractivity contribution < 1.29 is 13.9 Å². The number of hydrogen-bond donors (Lipinski definition) is 2. The van der Waals surface area contributed by atoms with Crippen molar-refractivity contribution in [3.05, 3.63) is 24.0 Å². The first kappa shape index (κ1) is 18.0. The summed E-state index contributed by atoms with van der Waals surface area (Å²) in [4.78, 5) is 12.4. The molecular formula is C17H24ClFN2O2. The number of carbonyl (C=O) groups is 1. The van der Waals surface area contributed by atoms with Gasteiger partial charge < -0.3 is 15.4 Å². The van der Waals surface area contributed by atoms with E-state index in [0.717, 1.165) is 19.4 Å². The van der Waals surface area contributed by atoms with Gasteiger partial charge in [0.05, 0.1) is 12.3 Å². The van der Waals surface area contributed by atoms with Crippen LogP contribution in [0.25, 0.3) is 0 Å². The fraction of sp³-hybridized carbons (Fsp3) is 0.588. The minimum atomic E-state index is -0.348. The van der Waals surface area contributed by atoms with Crippen molar-refractivity contribution in [3.8, 4) is 5.75 Å². The van der Waals surface area contributed by atoms with Crippen LogP contribution in [0.2, 0.25) is 0 Å². The van der Waals surface area contributed by atoms with Gasteiger partial charge in [0.15, 0.2) is 0 Å². The molecule has 0 bridgehead atoms. The fourth-order valence-corrected chi connectivity index (χ4v) is 2.82. The van der Waals surface area contributed by atoms with Crippen molar-refractivity contribution in [1.29, 1.82) is 0 Å². The van der Waals surface area contributed by atoms with Crippen molar-refractivity contribution in [1.82, 2.24) is 5.32 Å². The molecule has 0 aromatic heterocycles. The summed E-state index contributed by atoms with van der Waals surface area (Å²) in [6.45, 7) is 3.53. The van der Waals surface area contributed by atoms with Gasteiger partial charge in [-0.3, -0.25) is 4.79 Å². The van der Waals surface area contributed by atoms with Crippen LogP contribution in [-0.2, 0) is 4.79 Å². The normalized spacial score (nSPS) is 23.7. The Balaban J connectivity index is 0.00000192. The maximum atomic E-state index is 13.4. The third-order valence-electron chi connectivity index (χ3n) is 4.37. The Morgan fingerprint density at radius 2 is 2.17 bits per heavy atom. The van der Waals surface area contributed by atoms with Crippen molar-refractivity contribution in [2.75, 3.05) is 18.5 Å². The second-order valence-corrected chi connectivity index (χ2v) is 6.46. The van der Waals surface area contributed by atoms with Crippen molar-refractivity contribution >= 4 is 24.0 Å². The van der Waals surface area contributed by atoms with E-state index in [4.69, 9.17) is 4.74 Å². The zero-order valence-electron chi connectivity index (χ0n) is 13.3. The molecule has 1 aliphatic heterocycles. The first-order chi connectivity index (χ1) is 10.6. The number of benzene rings is 1. The molecule has 1 saturated carbocycles. The Morgan fingerprint density at radius 3 is 2.87 bits per heavy atom. The largest absolute Gasteiger partial charge is 0.491 e. The van der Waals surface area contributed by atoms with Gasteiger partial charge in [0, 0.05) is 18.0 Å². The molecule has 1 aliphatic carbocycles. The van der Waals surface area contributed by atoms with Crippen LogP contribution in [0.1, 0.15) is 32.6 Å². The summed E-state index contributed by atoms with van der Waals surface area (Å²) >= 11 is 0. The first-order valence-electron chi connectivity index (χ1n) is 8.08. The highest BCUT2D eigenvalue weighted by Crippen LogP contribution is 2.32. The predicted octanol–water partition coefficient (Wildman–Crippen LogP) is 3.36. The predicted molar refractivity (Wildman–Crippen MR) is 90.7 cm³/mol. The molecule has 2 N–H and O–H groups in total. The second-order valence-electron chi connectivity index (χ2n) is 6.46. The highest BCUT2D eigenvalue weighted by atomic mass is 35.5. The van der Waals surface area contributed by atoms with Gasteiger partial charge in [-0.1, -0.05) is 0 Å². The van der Waals surface area contributed by atoms with Crippen LogP contribution in [0.15, 0.2) is 18.2 Å². The number of ether oxygens (including phenoxy) is 1. The minimum absolute atomic E-state index is 0. The summed E-state index contributed by atoms with van der Waals surface area (Å²) in [6.07, 6.45) is 3.99. The third-order valence-corrected chi connectivity index (χ3v) is 4.37. The molecule has 6 heteroatoms. The molecule has 3 rings (SSSR count). The molecule has 1 saturated heterocycles. The average molecular weight is 343 g/mol. The van der Waals surface area contributed by atoms with Crippen LogP contribution in [0.4, 0.5) is 10.1 Å². The van der Waals surface area contributed by atoms with E-state index >= 15 is 0 Å². The minimum Gasteiger partial charge on any atom is -0.491 e. The van der Waals surface area contributed by atoms with Gasteiger partial charge in [-0.25, -0.2) is 4.39 Å². The van der Waals surface area contributed by atoms with E-state index in [2.05, 4.69) is 17.6 Å². The molecule has 1 aromatic carbocycles. The Labute approximate surface area is 142 Å². The van der Waals surface area contributed by atoms with Crippen LogP contribution < -0.4 is 15.4 Å². The Bertz CT molecular complexity index is 551. The van der Waals surface area contributed by atoms with Crippen molar-refractivity contribution in [3.63, 3.8) is 0 Å². The standard InChI is InChI=1S/C17H23FN2O2.ClH/c1-11-8-13(6-7-19-11)17(21)20-15-5-4-14(18)9-16(15)22-10-12-2-3-12;/h4-5,9,11-13,19H,2-3,6-8,10H2,1H3,(H,20,21);1H/t11-,13-;/m0./s1. The van der Waals surface area contributed by atoms with Gasteiger partial charge in [0.2, 0.25) is 5.91 Å². The summed E-state index contributed by atoms with van der Waals surface area (Å²) < 4.78 is 19.1. The number of amides is 1. The summed E-state index contributed by atoms with van der Waals surface area (Å²) in [6, 6.07) is 4.64. The van der Waals surface area contributed by atoms with E-state index in [1.54, 1.807) is 6.07 Å². The third kappa shape index (κ3) is 5.08. The van der Waals surface area contributed by atoms with Crippen molar-refractivity contribution in [2.24, 2.45) is 11.8 Å². The lowest BCUT2D eigenvalue weighted by Crippen LogP contribution is -2.40. The van der Waals surface area contributed by atoms with Crippen LogP contribution >= 0.6 is 12.4 Å². The molecule has 4 nitrogen and oxygen atoms in total. The number of rotatable bonds is 5. The summed E-state index contributed by atoms with van der Waals surface area (Å²) in [7, 11) is 0. The zero-order chi connectivity index (χ0) is 15.5. The molecule has 0 radical (unpaired) electrons. The summed E-state index contributed by atoms with van der Waals surface area (Å²) in [5.41, 5.74) is 0.568. The number of piperidine rings is 1. The molecule has 2 fully saturated rings. The first-order valence-corrected chi connectivity index (χ1v) is 8.08. The number of hydrogen-bond acceptors (Lipinski definition) is 3. The fourth-order valence-electron chi connectivity index (χ4n) is 2.82. The summed E-state index contributed by atoms with van der Waals surface area (Å²) in [5, 5.41) is 6.25. The van der Waals surface area contributed by atoms with Crippen molar-refractivity contribution in [2.45, 2.75) is 38.6 Å². The smallest absolute Gasteiger partial charge is 0.227 e. The SMILES string of the molecule is C[C@H]1C[C@@H](C(=O)Nc2ccc(F)cc2OCC2CC2)CCN1.Cl. The summed E-state index contributed by atoms with van der Waals surface area (Å²) in [5.74, 6) is 0.660. The molecule has 2 aliphatic rings. The molecule has 1 heterocycles. The molecule has 1 amide bonds. The van der Waals surface area contributed by atoms with E-state index < -0.39 is 0 Å². The van der Waals surface area contributed by atoms with Gasteiger partial charge in [0.1, 0.15) is 11.6 Å². The average Bonchev–Trinajstić information content (AvgIpc) is 3.31. The monoisotopic (exact) mass is 342 g/mol. The van der Waals surface area contributed by atoms with Gasteiger partial charge in [0.25, 0.3) is 0 Å². The maximum absolute atomic E-state index is 13.4. The molecular weight excluding hydrogens is 319 g/mol. The lowest BCUT2D eigenvalue weighted by atomic mass is 9.92. The Kier molecular flexibility index (Phi) is 6.25. The highest BCUT2D eigenvalue weighted by Gasteiger charge is 2.26. The van der Waals surface area contributed by atoms with E-state index in [1.807, 2.05) is 0 Å². The van der Waals surface area contributed by atoms with Crippen LogP contribution in [0, 0.1) is 17.7 Å². The molecule has 0 unspecified atom stereocenters. The second kappa shape index (κ2) is 7.97. The van der Waals surface area contributed by atoms with Gasteiger partial charge >= 0.3 is 0 Å². The number of carbonyl (C=O) groups excluding carboxylic acids is 1. The quantitative estimate of drug-likeness (QED) is 0.862. The molecule has 128 valence electrons. The Hall–Kier alpha value is -1.33. The van der Waals surface area contributed by atoms with Gasteiger partial charge in [-0.15, -0.1) is 12.4 Å². The van der Waals surface area contributed by atoms with Gasteiger partial charge in [-0.05, 0) is 57.2 Å². The lowest BCUT2D eigenvalue weighted by molar-refractivity contribution is -0.120. The van der Waals surface area contributed by atoms with E-state index in [1.165, 1.54) is 25.0 Å². The number of anilines is 1.